The predicted molar refractivity (Wildman–Crippen MR) is 64.4 cm³/mol. The molecule has 2 aromatic rings. The van der Waals surface area contributed by atoms with Crippen LogP contribution in [-0.4, -0.2) is 10.1 Å². The Balaban J connectivity index is 2.23. The van der Waals surface area contributed by atoms with Gasteiger partial charge < -0.3 is 5.11 Å². The first-order valence-corrected chi connectivity index (χ1v) is 5.44. The normalized spacial score (nSPS) is 10.4. The number of aliphatic hydroxyl groups excluding tert-OH is 1. The van der Waals surface area contributed by atoms with Crippen molar-refractivity contribution in [3.8, 4) is 0 Å². The van der Waals surface area contributed by atoms with E-state index in [1.165, 1.54) is 0 Å². The van der Waals surface area contributed by atoms with E-state index in [0.29, 0.717) is 0 Å². The number of pyridine rings is 1. The van der Waals surface area contributed by atoms with Crippen molar-refractivity contribution in [3.63, 3.8) is 0 Å². The van der Waals surface area contributed by atoms with Gasteiger partial charge in [-0.2, -0.15) is 0 Å². The van der Waals surface area contributed by atoms with Gasteiger partial charge in [0.2, 0.25) is 0 Å². The van der Waals surface area contributed by atoms with Crippen molar-refractivity contribution in [1.82, 2.24) is 4.98 Å². The molecule has 82 valence electrons. The predicted octanol–water partition coefficient (Wildman–Crippen LogP) is 2.82. The zero-order valence-electron chi connectivity index (χ0n) is 8.73. The van der Waals surface area contributed by atoms with E-state index in [-0.39, 0.29) is 6.61 Å². The lowest BCUT2D eigenvalue weighted by atomic mass is 10.0. The average Bonchev–Trinajstić information content (AvgIpc) is 2.33. The van der Waals surface area contributed by atoms with Crippen molar-refractivity contribution in [1.29, 1.82) is 0 Å². The van der Waals surface area contributed by atoms with Crippen molar-refractivity contribution in [2.75, 3.05) is 0 Å². The Morgan fingerprint density at radius 3 is 2.50 bits per heavy atom. The van der Waals surface area contributed by atoms with Crippen LogP contribution in [0.15, 0.2) is 42.7 Å². The molecule has 0 atom stereocenters. The van der Waals surface area contributed by atoms with E-state index < -0.39 is 0 Å². The maximum Gasteiger partial charge on any atom is 0.0685 e. The topological polar surface area (TPSA) is 33.1 Å². The highest BCUT2D eigenvalue weighted by Gasteiger charge is 2.02. The van der Waals surface area contributed by atoms with Crippen LogP contribution < -0.4 is 0 Å². The van der Waals surface area contributed by atoms with Gasteiger partial charge >= 0.3 is 0 Å². The molecular formula is C13H12ClNO. The summed E-state index contributed by atoms with van der Waals surface area (Å²) in [6, 6.07) is 9.54. The minimum Gasteiger partial charge on any atom is -0.392 e. The van der Waals surface area contributed by atoms with Gasteiger partial charge in [-0.25, -0.2) is 0 Å². The van der Waals surface area contributed by atoms with E-state index in [0.717, 1.165) is 28.1 Å². The number of rotatable bonds is 3. The lowest BCUT2D eigenvalue weighted by Gasteiger charge is -2.06. The zero-order chi connectivity index (χ0) is 11.4. The molecule has 1 aromatic carbocycles. The van der Waals surface area contributed by atoms with Crippen molar-refractivity contribution in [2.24, 2.45) is 0 Å². The fourth-order valence-corrected chi connectivity index (χ4v) is 1.72. The van der Waals surface area contributed by atoms with Gasteiger partial charge in [0.25, 0.3) is 0 Å². The highest BCUT2D eigenvalue weighted by molar-refractivity contribution is 6.30. The maximum absolute atomic E-state index is 9.19. The molecule has 1 N–H and O–H groups in total. The third-order valence-electron chi connectivity index (χ3n) is 2.48. The summed E-state index contributed by atoms with van der Waals surface area (Å²) in [6.07, 6.45) is 4.25. The Kier molecular flexibility index (Phi) is 3.54. The van der Waals surface area contributed by atoms with Gasteiger partial charge in [0.05, 0.1) is 6.61 Å². The average molecular weight is 234 g/mol. The number of benzene rings is 1. The van der Waals surface area contributed by atoms with Crippen molar-refractivity contribution in [3.05, 3.63) is 64.4 Å². The van der Waals surface area contributed by atoms with Crippen LogP contribution in [0.4, 0.5) is 0 Å². The van der Waals surface area contributed by atoms with E-state index in [4.69, 9.17) is 11.6 Å². The van der Waals surface area contributed by atoms with Gasteiger partial charge in [-0.3, -0.25) is 4.98 Å². The molecule has 0 aliphatic rings. The largest absolute Gasteiger partial charge is 0.392 e. The highest BCUT2D eigenvalue weighted by Crippen LogP contribution is 2.15. The quantitative estimate of drug-likeness (QED) is 0.885. The summed E-state index contributed by atoms with van der Waals surface area (Å²) in [4.78, 5) is 4.07. The van der Waals surface area contributed by atoms with Crippen molar-refractivity contribution >= 4 is 11.6 Å². The maximum atomic E-state index is 9.19. The second-order valence-corrected chi connectivity index (χ2v) is 4.04. The fourth-order valence-electron chi connectivity index (χ4n) is 1.59. The molecule has 0 aliphatic carbocycles. The molecular weight excluding hydrogens is 222 g/mol. The van der Waals surface area contributed by atoms with Gasteiger partial charge in [-0.15, -0.1) is 0 Å². The molecule has 0 aliphatic heterocycles. The third kappa shape index (κ3) is 2.60. The number of hydrogen-bond acceptors (Lipinski definition) is 2. The summed E-state index contributed by atoms with van der Waals surface area (Å²) in [5.74, 6) is 0. The van der Waals surface area contributed by atoms with Crippen LogP contribution in [0.3, 0.4) is 0 Å². The Hall–Kier alpha value is -1.38. The van der Waals surface area contributed by atoms with E-state index in [2.05, 4.69) is 4.98 Å². The molecule has 3 heteroatoms. The molecule has 0 spiro atoms. The van der Waals surface area contributed by atoms with E-state index in [1.807, 2.05) is 30.3 Å². The van der Waals surface area contributed by atoms with E-state index in [1.54, 1.807) is 12.4 Å². The van der Waals surface area contributed by atoms with Gasteiger partial charge in [-0.1, -0.05) is 23.7 Å². The SMILES string of the molecule is OCc1ccncc1Cc1ccc(Cl)cc1. The molecule has 0 amide bonds. The standard InChI is InChI=1S/C13H12ClNO/c14-13-3-1-10(2-4-13)7-12-8-15-6-5-11(12)9-16/h1-6,8,16H,7,9H2. The van der Waals surface area contributed by atoms with Crippen LogP contribution in [0.2, 0.25) is 5.02 Å². The summed E-state index contributed by atoms with van der Waals surface area (Å²) < 4.78 is 0. The molecule has 0 bridgehead atoms. The molecule has 16 heavy (non-hydrogen) atoms. The number of nitrogens with zero attached hydrogens (tertiary/aromatic N) is 1. The van der Waals surface area contributed by atoms with E-state index in [9.17, 15) is 5.11 Å². The molecule has 0 saturated heterocycles. The number of hydrogen-bond donors (Lipinski definition) is 1. The molecule has 1 aromatic heterocycles. The van der Waals surface area contributed by atoms with Crippen LogP contribution >= 0.6 is 11.6 Å². The molecule has 0 saturated carbocycles. The molecule has 2 rings (SSSR count). The molecule has 2 nitrogen and oxygen atoms in total. The molecule has 0 unspecified atom stereocenters. The third-order valence-corrected chi connectivity index (χ3v) is 2.73. The Morgan fingerprint density at radius 1 is 1.06 bits per heavy atom. The molecule has 0 radical (unpaired) electrons. The van der Waals surface area contributed by atoms with Crippen molar-refractivity contribution in [2.45, 2.75) is 13.0 Å². The van der Waals surface area contributed by atoms with Gasteiger partial charge in [0.1, 0.15) is 0 Å². The first-order valence-electron chi connectivity index (χ1n) is 5.06. The Bertz CT molecular complexity index is 468. The number of aromatic nitrogens is 1. The second kappa shape index (κ2) is 5.10. The van der Waals surface area contributed by atoms with Crippen LogP contribution in [0.1, 0.15) is 16.7 Å². The summed E-state index contributed by atoms with van der Waals surface area (Å²) in [7, 11) is 0. The summed E-state index contributed by atoms with van der Waals surface area (Å²) in [5, 5.41) is 9.93. The Labute approximate surface area is 99.5 Å². The minimum atomic E-state index is 0.0471. The first-order chi connectivity index (χ1) is 7.79. The first kappa shape index (κ1) is 11.1. The summed E-state index contributed by atoms with van der Waals surface area (Å²) >= 11 is 5.82. The van der Waals surface area contributed by atoms with Crippen LogP contribution in [0.25, 0.3) is 0 Å². The number of aliphatic hydroxyl groups is 1. The lowest BCUT2D eigenvalue weighted by Crippen LogP contribution is -1.96. The van der Waals surface area contributed by atoms with Gasteiger partial charge in [0, 0.05) is 17.4 Å². The second-order valence-electron chi connectivity index (χ2n) is 3.61. The summed E-state index contributed by atoms with van der Waals surface area (Å²) in [5.41, 5.74) is 3.13. The van der Waals surface area contributed by atoms with Crippen LogP contribution in [0.5, 0.6) is 0 Å². The van der Waals surface area contributed by atoms with Gasteiger partial charge in [0.15, 0.2) is 0 Å². The molecule has 1 heterocycles. The Morgan fingerprint density at radius 2 is 1.81 bits per heavy atom. The van der Waals surface area contributed by atoms with Crippen LogP contribution in [-0.2, 0) is 13.0 Å². The number of halogens is 1. The van der Waals surface area contributed by atoms with Gasteiger partial charge in [-0.05, 0) is 41.3 Å². The lowest BCUT2D eigenvalue weighted by molar-refractivity contribution is 0.280. The van der Waals surface area contributed by atoms with Crippen molar-refractivity contribution < 1.29 is 5.11 Å². The minimum absolute atomic E-state index is 0.0471. The summed E-state index contributed by atoms with van der Waals surface area (Å²) in [6.45, 7) is 0.0471. The van der Waals surface area contributed by atoms with Crippen LogP contribution in [0, 0.1) is 0 Å². The molecule has 0 fully saturated rings. The smallest absolute Gasteiger partial charge is 0.0685 e. The highest BCUT2D eigenvalue weighted by atomic mass is 35.5. The zero-order valence-corrected chi connectivity index (χ0v) is 9.48. The fraction of sp³-hybridized carbons (Fsp3) is 0.154. The monoisotopic (exact) mass is 233 g/mol. The van der Waals surface area contributed by atoms with E-state index >= 15 is 0 Å².